The van der Waals surface area contributed by atoms with Crippen molar-refractivity contribution in [3.8, 4) is 17.2 Å². The average Bonchev–Trinajstić information content (AvgIpc) is 3.39. The summed E-state index contributed by atoms with van der Waals surface area (Å²) in [5.74, 6) is 0.935. The number of phosphoric acid groups is 1. The van der Waals surface area contributed by atoms with Crippen LogP contribution in [0.2, 0.25) is 0 Å². The largest absolute Gasteiger partial charge is 0.530 e. The number of hydrogen-bond donors (Lipinski definition) is 3. The van der Waals surface area contributed by atoms with Gasteiger partial charge in [0.2, 0.25) is 5.91 Å². The van der Waals surface area contributed by atoms with E-state index in [4.69, 9.17) is 28.8 Å². The van der Waals surface area contributed by atoms with E-state index in [0.29, 0.717) is 23.5 Å². The van der Waals surface area contributed by atoms with Gasteiger partial charge in [-0.1, -0.05) is 40.7 Å². The number of hydrogen-bond acceptors (Lipinski definition) is 9. The van der Waals surface area contributed by atoms with Gasteiger partial charge in [0, 0.05) is 0 Å². The molecule has 0 radical (unpaired) electrons. The Morgan fingerprint density at radius 1 is 1.04 bits per heavy atom. The highest BCUT2D eigenvalue weighted by Gasteiger charge is 2.55. The van der Waals surface area contributed by atoms with Crippen molar-refractivity contribution in [2.45, 2.75) is 91.6 Å². The number of benzene rings is 2. The lowest BCUT2D eigenvalue weighted by Crippen LogP contribution is -2.44. The minimum Gasteiger partial charge on any atom is -0.505 e. The van der Waals surface area contributed by atoms with Crippen molar-refractivity contribution < 1.29 is 42.3 Å². The number of aryl methyl sites for hydroxylation is 1. The van der Waals surface area contributed by atoms with Crippen LogP contribution in [0.3, 0.4) is 0 Å². The Bertz CT molecular complexity index is 1550. The number of nitrogens with two attached hydrogens (primary N) is 1. The second-order valence-electron chi connectivity index (χ2n) is 14.9. The van der Waals surface area contributed by atoms with Gasteiger partial charge in [0.1, 0.15) is 17.1 Å². The lowest BCUT2D eigenvalue weighted by Gasteiger charge is -2.50. The van der Waals surface area contributed by atoms with E-state index in [2.05, 4.69) is 18.3 Å². The average molecular weight is 701 g/mol. The molecule has 4 N–H and O–H groups in total. The summed E-state index contributed by atoms with van der Waals surface area (Å²) in [6, 6.07) is 9.03. The first-order chi connectivity index (χ1) is 23.2. The van der Waals surface area contributed by atoms with Gasteiger partial charge >= 0.3 is 7.82 Å². The van der Waals surface area contributed by atoms with Crippen LogP contribution >= 0.6 is 7.82 Å². The molecule has 49 heavy (non-hydrogen) atoms. The summed E-state index contributed by atoms with van der Waals surface area (Å²) >= 11 is 0. The van der Waals surface area contributed by atoms with Crippen LogP contribution in [0, 0.1) is 29.1 Å². The van der Waals surface area contributed by atoms with E-state index >= 15 is 0 Å². The quantitative estimate of drug-likeness (QED) is 0.126. The lowest BCUT2D eigenvalue weighted by atomic mass is 9.55. The van der Waals surface area contributed by atoms with Crippen molar-refractivity contribution in [3.63, 3.8) is 0 Å². The molecule has 270 valence electrons. The summed E-state index contributed by atoms with van der Waals surface area (Å²) in [5.41, 5.74) is 7.93. The summed E-state index contributed by atoms with van der Waals surface area (Å²) in [6.45, 7) is 11.2. The molecule has 5 rings (SSSR count). The van der Waals surface area contributed by atoms with Crippen LogP contribution in [-0.4, -0.2) is 50.0 Å². The molecule has 0 heterocycles. The summed E-state index contributed by atoms with van der Waals surface area (Å²) in [4.78, 5) is 24.6. The van der Waals surface area contributed by atoms with Crippen LogP contribution in [0.25, 0.3) is 0 Å². The molecule has 2 amide bonds. The predicted octanol–water partition coefficient (Wildman–Crippen LogP) is 7.60. The highest BCUT2D eigenvalue weighted by Crippen LogP contribution is 2.62. The third-order valence-electron chi connectivity index (χ3n) is 10.5. The van der Waals surface area contributed by atoms with Gasteiger partial charge in [-0.25, -0.2) is 4.57 Å². The summed E-state index contributed by atoms with van der Waals surface area (Å²) < 4.78 is 42.3. The molecule has 5 atom stereocenters. The number of ether oxygens (including phenoxy) is 2. The van der Waals surface area contributed by atoms with Crippen molar-refractivity contribution >= 4 is 25.3 Å². The Morgan fingerprint density at radius 2 is 1.76 bits per heavy atom. The van der Waals surface area contributed by atoms with Gasteiger partial charge in [0.25, 0.3) is 5.91 Å². The van der Waals surface area contributed by atoms with Crippen molar-refractivity contribution in [3.05, 3.63) is 47.0 Å². The smallest absolute Gasteiger partial charge is 0.505 e. The van der Waals surface area contributed by atoms with Gasteiger partial charge in [-0.2, -0.15) is 0 Å². The fourth-order valence-corrected chi connectivity index (χ4v) is 9.64. The minimum atomic E-state index is -3.76. The third kappa shape index (κ3) is 8.28. The fraction of sp³-hybridized carbons (Fsp3) is 0.622. The number of primary amides is 1. The van der Waals surface area contributed by atoms with Crippen molar-refractivity contribution in [2.75, 3.05) is 32.2 Å². The van der Waals surface area contributed by atoms with Crippen LogP contribution in [-0.2, 0) is 29.6 Å². The molecule has 0 bridgehead atoms. The Balaban J connectivity index is 1.18. The first-order valence-corrected chi connectivity index (χ1v) is 19.0. The number of methoxy groups -OCH3 is 1. The summed E-state index contributed by atoms with van der Waals surface area (Å²) in [6.07, 6.45) is 6.29. The van der Waals surface area contributed by atoms with Crippen LogP contribution in [0.4, 0.5) is 5.69 Å². The maximum Gasteiger partial charge on any atom is 0.530 e. The standard InChI is InChI=1S/C37H53N2O9P/c1-22(2)20-46-49(43,47-21-23(3)4)48-25-8-10-26-24(19-25)7-9-28-27(26)15-17-37(5)29(28)11-14-32(37)45-18-16-33(40)39-30-12-13-31(44-6)34(35(30)41)36(38)42/h8,10,12-13,19,22-23,27-29,32,41H,7,9,11,14-18,20-21H2,1-6H3,(H2,38,42)(H,39,40)/t27?,28?,29?,32-,37-/m0/s1. The molecule has 2 aromatic rings. The summed E-state index contributed by atoms with van der Waals surface area (Å²) in [7, 11) is -2.39. The number of carbonyl (C=O) groups is 2. The number of aromatic hydroxyl groups is 1. The van der Waals surface area contributed by atoms with Crippen LogP contribution < -0.4 is 20.3 Å². The SMILES string of the molecule is COc1ccc(NC(=O)CCO[C@H]2CCC3C4CCc5cc(OP(=O)(OCC(C)C)OCC(C)C)ccc5C4CC[C@@]32C)c(O)c1C(N)=O. The van der Waals surface area contributed by atoms with E-state index in [1.165, 1.54) is 30.4 Å². The van der Waals surface area contributed by atoms with Gasteiger partial charge in [0.15, 0.2) is 5.75 Å². The Kier molecular flexibility index (Phi) is 11.7. The van der Waals surface area contributed by atoms with E-state index < -0.39 is 19.5 Å². The normalized spacial score (nSPS) is 24.7. The lowest BCUT2D eigenvalue weighted by molar-refractivity contribution is -0.119. The third-order valence-corrected chi connectivity index (χ3v) is 11.9. The van der Waals surface area contributed by atoms with Crippen molar-refractivity contribution in [2.24, 2.45) is 34.8 Å². The van der Waals surface area contributed by atoms with E-state index in [1.807, 2.05) is 39.8 Å². The van der Waals surface area contributed by atoms with Gasteiger partial charge in [-0.3, -0.25) is 18.6 Å². The molecule has 11 nitrogen and oxygen atoms in total. The van der Waals surface area contributed by atoms with Gasteiger partial charge < -0.3 is 30.2 Å². The molecule has 0 aromatic heterocycles. The monoisotopic (exact) mass is 700 g/mol. The zero-order chi connectivity index (χ0) is 35.5. The zero-order valence-electron chi connectivity index (χ0n) is 29.7. The van der Waals surface area contributed by atoms with E-state index in [-0.39, 0.29) is 72.5 Å². The molecule has 2 saturated carbocycles. The molecular formula is C37H53N2O9P. The first kappa shape index (κ1) is 37.2. The molecule has 2 fully saturated rings. The van der Waals surface area contributed by atoms with E-state index in [0.717, 1.165) is 38.5 Å². The molecule has 0 aliphatic heterocycles. The number of rotatable bonds is 15. The van der Waals surface area contributed by atoms with Gasteiger partial charge in [-0.05, 0) is 109 Å². The Hall–Kier alpha value is -3.11. The maximum atomic E-state index is 13.5. The number of nitrogens with one attached hydrogen (secondary N) is 1. The number of fused-ring (bicyclic) bond motifs is 5. The van der Waals surface area contributed by atoms with Crippen molar-refractivity contribution in [1.29, 1.82) is 0 Å². The molecular weight excluding hydrogens is 647 g/mol. The molecule has 3 aliphatic rings. The van der Waals surface area contributed by atoms with Crippen LogP contribution in [0.5, 0.6) is 17.2 Å². The van der Waals surface area contributed by atoms with Gasteiger partial charge in [-0.15, -0.1) is 0 Å². The topological polar surface area (TPSA) is 156 Å². The zero-order valence-corrected chi connectivity index (χ0v) is 30.6. The fourth-order valence-electron chi connectivity index (χ4n) is 8.13. The summed E-state index contributed by atoms with van der Waals surface area (Å²) in [5, 5.41) is 13.2. The number of phenols is 1. The highest BCUT2D eigenvalue weighted by molar-refractivity contribution is 7.48. The van der Waals surface area contributed by atoms with E-state index in [9.17, 15) is 19.3 Å². The molecule has 3 unspecified atom stereocenters. The molecule has 12 heteroatoms. The molecule has 0 saturated heterocycles. The number of carbonyl (C=O) groups excluding carboxylic acids is 2. The second-order valence-corrected chi connectivity index (χ2v) is 16.5. The van der Waals surface area contributed by atoms with Crippen molar-refractivity contribution in [1.82, 2.24) is 0 Å². The Morgan fingerprint density at radius 3 is 2.41 bits per heavy atom. The van der Waals surface area contributed by atoms with Crippen LogP contribution in [0.15, 0.2) is 30.3 Å². The Labute approximate surface area is 290 Å². The number of amides is 2. The van der Waals surface area contributed by atoms with Gasteiger partial charge in [0.05, 0.1) is 45.1 Å². The predicted molar refractivity (Wildman–Crippen MR) is 187 cm³/mol. The highest BCUT2D eigenvalue weighted by atomic mass is 31.2. The molecule has 0 spiro atoms. The second kappa shape index (κ2) is 15.4. The van der Waals surface area contributed by atoms with Crippen LogP contribution in [0.1, 0.15) is 101 Å². The first-order valence-electron chi connectivity index (χ1n) is 17.6. The molecule has 2 aromatic carbocycles. The molecule has 3 aliphatic carbocycles. The minimum absolute atomic E-state index is 0.0248. The maximum absolute atomic E-state index is 13.5. The number of phosphoric ester groups is 1. The number of anilines is 1. The van der Waals surface area contributed by atoms with E-state index in [1.54, 1.807) is 0 Å².